The van der Waals surface area contributed by atoms with Crippen LogP contribution >= 0.6 is 0 Å². The second-order valence-electron chi connectivity index (χ2n) is 6.99. The molecule has 2 aromatic rings. The zero-order valence-corrected chi connectivity index (χ0v) is 13.8. The number of hydrogen-bond donors (Lipinski definition) is 2. The van der Waals surface area contributed by atoms with Crippen LogP contribution in [0.2, 0.25) is 0 Å². The molecular formula is C20H12O7. The Kier molecular flexibility index (Phi) is 2.43. The molecular weight excluding hydrogens is 352 g/mol. The van der Waals surface area contributed by atoms with Gasteiger partial charge in [0, 0.05) is 12.0 Å². The second kappa shape index (κ2) is 4.39. The first-order chi connectivity index (χ1) is 13.0. The lowest BCUT2D eigenvalue weighted by Gasteiger charge is -2.54. The summed E-state index contributed by atoms with van der Waals surface area (Å²) < 4.78 is 18.4. The molecule has 7 heteroatoms. The monoisotopic (exact) mass is 364 g/mol. The van der Waals surface area contributed by atoms with E-state index in [4.69, 9.17) is 14.2 Å². The Morgan fingerprint density at radius 2 is 1.85 bits per heavy atom. The van der Waals surface area contributed by atoms with Crippen molar-refractivity contribution in [2.75, 3.05) is 0 Å². The third kappa shape index (κ3) is 1.56. The maximum atomic E-state index is 12.5. The molecule has 0 aromatic heterocycles. The van der Waals surface area contributed by atoms with Gasteiger partial charge in [0.05, 0.1) is 16.7 Å². The molecule has 2 N–H and O–H groups in total. The summed E-state index contributed by atoms with van der Waals surface area (Å²) in [4.78, 5) is 24.8. The molecule has 3 atom stereocenters. The molecule has 2 aromatic carbocycles. The van der Waals surface area contributed by atoms with Gasteiger partial charge in [0.2, 0.25) is 0 Å². The molecule has 2 aliphatic heterocycles. The highest BCUT2D eigenvalue weighted by Gasteiger charge is 2.65. The fraction of sp³-hybridized carbons (Fsp3) is 0.200. The van der Waals surface area contributed by atoms with E-state index in [1.165, 1.54) is 24.3 Å². The van der Waals surface area contributed by atoms with Gasteiger partial charge in [0.1, 0.15) is 23.4 Å². The number of benzene rings is 2. The van der Waals surface area contributed by atoms with Gasteiger partial charge in [0.25, 0.3) is 11.6 Å². The topological polar surface area (TPSA) is 102 Å². The number of allylic oxidation sites excluding steroid dienone is 1. The highest BCUT2D eigenvalue weighted by molar-refractivity contribution is 6.08. The molecule has 27 heavy (non-hydrogen) atoms. The van der Waals surface area contributed by atoms with E-state index in [2.05, 4.69) is 0 Å². The summed E-state index contributed by atoms with van der Waals surface area (Å²) in [5.74, 6) is -3.49. The number of aliphatic hydroxyl groups is 1. The van der Waals surface area contributed by atoms with Crippen molar-refractivity contribution in [2.45, 2.75) is 24.1 Å². The zero-order valence-electron chi connectivity index (χ0n) is 13.8. The van der Waals surface area contributed by atoms with Crippen molar-refractivity contribution in [1.82, 2.24) is 0 Å². The summed E-state index contributed by atoms with van der Waals surface area (Å²) in [7, 11) is 0. The number of ether oxygens (including phenoxy) is 3. The van der Waals surface area contributed by atoms with E-state index >= 15 is 0 Å². The number of aliphatic hydroxyl groups excluding tert-OH is 1. The number of carbonyl (C=O) groups is 2. The normalized spacial score (nSPS) is 31.5. The number of ketones is 2. The smallest absolute Gasteiger partial charge is 0.272 e. The van der Waals surface area contributed by atoms with E-state index < -0.39 is 23.5 Å². The Morgan fingerprint density at radius 1 is 1.04 bits per heavy atom. The molecule has 2 spiro atoms. The minimum absolute atomic E-state index is 0.0168. The van der Waals surface area contributed by atoms with Crippen molar-refractivity contribution in [1.29, 1.82) is 0 Å². The third-order valence-corrected chi connectivity index (χ3v) is 5.51. The molecule has 2 aliphatic carbocycles. The van der Waals surface area contributed by atoms with Gasteiger partial charge in [-0.1, -0.05) is 12.1 Å². The quantitative estimate of drug-likeness (QED) is 0.736. The van der Waals surface area contributed by atoms with Gasteiger partial charge in [-0.3, -0.25) is 14.3 Å². The molecule has 0 amide bonds. The lowest BCUT2D eigenvalue weighted by atomic mass is 9.78. The largest absolute Gasteiger partial charge is 0.507 e. The summed E-state index contributed by atoms with van der Waals surface area (Å²) in [5, 5.41) is 21.1. The molecule has 6 rings (SSSR count). The van der Waals surface area contributed by atoms with Crippen molar-refractivity contribution >= 4 is 11.6 Å². The van der Waals surface area contributed by atoms with Crippen molar-refractivity contribution in [3.05, 3.63) is 64.7 Å². The van der Waals surface area contributed by atoms with Gasteiger partial charge in [-0.05, 0) is 30.4 Å². The van der Waals surface area contributed by atoms with Crippen LogP contribution in [0, 0.1) is 0 Å². The summed E-state index contributed by atoms with van der Waals surface area (Å²) in [5.41, 5.74) is 0.988. The highest BCUT2D eigenvalue weighted by atomic mass is 16.8. The molecule has 2 heterocycles. The molecule has 0 saturated carbocycles. The number of phenols is 1. The fourth-order valence-electron chi connectivity index (χ4n) is 4.41. The highest BCUT2D eigenvalue weighted by Crippen LogP contribution is 2.60. The molecule has 4 aliphatic rings. The first kappa shape index (κ1) is 15.0. The number of Topliss-reactive ketones (excluding diaryl/α,β-unsaturated/α-hetero) is 1. The Bertz CT molecular complexity index is 1120. The Hall–Kier alpha value is -3.16. The van der Waals surface area contributed by atoms with Gasteiger partial charge in [-0.25, -0.2) is 0 Å². The van der Waals surface area contributed by atoms with Crippen LogP contribution < -0.4 is 9.47 Å². The van der Waals surface area contributed by atoms with Crippen LogP contribution in [0.15, 0.2) is 42.5 Å². The number of aromatic hydroxyl groups is 1. The van der Waals surface area contributed by atoms with Crippen LogP contribution in [0.5, 0.6) is 17.2 Å². The Morgan fingerprint density at radius 3 is 2.70 bits per heavy atom. The van der Waals surface area contributed by atoms with Gasteiger partial charge >= 0.3 is 0 Å². The molecule has 0 fully saturated rings. The van der Waals surface area contributed by atoms with Gasteiger partial charge in [-0.2, -0.15) is 0 Å². The van der Waals surface area contributed by atoms with Crippen molar-refractivity contribution < 1.29 is 34.0 Å². The van der Waals surface area contributed by atoms with Crippen LogP contribution in [0.4, 0.5) is 0 Å². The van der Waals surface area contributed by atoms with E-state index in [1.807, 2.05) is 0 Å². The lowest BCUT2D eigenvalue weighted by Crippen LogP contribution is -2.62. The molecule has 0 saturated heterocycles. The number of rotatable bonds is 0. The average molecular weight is 364 g/mol. The SMILES string of the molecule is O=C1C=C[C@]23Oc4ccc(O)c5c4[C@](Oc4cccc1c42)(O3)[C@H](O)CC5=O. The first-order valence-corrected chi connectivity index (χ1v) is 8.48. The van der Waals surface area contributed by atoms with Crippen molar-refractivity contribution in [2.24, 2.45) is 0 Å². The first-order valence-electron chi connectivity index (χ1n) is 8.48. The standard InChI is InChI=1S/C20H12O7/c21-10-6-7-19-17-9(10)2-1-3-13(17)26-20(27-19)15(24)8-12(23)16-11(22)4-5-14(25-19)18(16)20/h1-7,15,22,24H,8H2/t15-,19-,20-/m1/s1. The molecule has 0 radical (unpaired) electrons. The number of carbonyl (C=O) groups excluding carboxylic acids is 2. The maximum absolute atomic E-state index is 12.5. The minimum Gasteiger partial charge on any atom is -0.507 e. The predicted octanol–water partition coefficient (Wildman–Crippen LogP) is 1.90. The van der Waals surface area contributed by atoms with Gasteiger partial charge < -0.3 is 19.7 Å². The fourth-order valence-corrected chi connectivity index (χ4v) is 4.41. The molecule has 7 nitrogen and oxygen atoms in total. The van der Waals surface area contributed by atoms with E-state index in [9.17, 15) is 19.8 Å². The maximum Gasteiger partial charge on any atom is 0.272 e. The number of phenolic OH excluding ortho intramolecular Hbond substituents is 1. The zero-order chi connectivity index (χ0) is 18.6. The summed E-state index contributed by atoms with van der Waals surface area (Å²) in [6.45, 7) is 0. The van der Waals surface area contributed by atoms with E-state index in [-0.39, 0.29) is 34.8 Å². The summed E-state index contributed by atoms with van der Waals surface area (Å²) in [6.07, 6.45) is 1.25. The Labute approximate surface area is 152 Å². The minimum atomic E-state index is -1.73. The molecule has 0 unspecified atom stereocenters. The van der Waals surface area contributed by atoms with E-state index in [0.29, 0.717) is 16.9 Å². The lowest BCUT2D eigenvalue weighted by molar-refractivity contribution is -0.366. The van der Waals surface area contributed by atoms with Crippen LogP contribution in [0.3, 0.4) is 0 Å². The van der Waals surface area contributed by atoms with Crippen LogP contribution in [-0.2, 0) is 16.3 Å². The number of hydrogen-bond acceptors (Lipinski definition) is 7. The molecule has 2 bridgehead atoms. The van der Waals surface area contributed by atoms with Crippen molar-refractivity contribution in [3.63, 3.8) is 0 Å². The van der Waals surface area contributed by atoms with E-state index in [0.717, 1.165) is 0 Å². The van der Waals surface area contributed by atoms with E-state index in [1.54, 1.807) is 18.2 Å². The Balaban J connectivity index is 1.74. The van der Waals surface area contributed by atoms with Crippen LogP contribution in [-0.4, -0.2) is 27.9 Å². The van der Waals surface area contributed by atoms with Crippen LogP contribution in [0.25, 0.3) is 0 Å². The summed E-state index contributed by atoms with van der Waals surface area (Å²) >= 11 is 0. The van der Waals surface area contributed by atoms with Gasteiger partial charge in [-0.15, -0.1) is 0 Å². The summed E-state index contributed by atoms with van der Waals surface area (Å²) in [6, 6.07) is 7.84. The van der Waals surface area contributed by atoms with Crippen molar-refractivity contribution in [3.8, 4) is 17.2 Å². The molecule has 134 valence electrons. The van der Waals surface area contributed by atoms with Crippen LogP contribution in [0.1, 0.15) is 38.3 Å². The predicted molar refractivity (Wildman–Crippen MR) is 88.7 cm³/mol. The third-order valence-electron chi connectivity index (χ3n) is 5.51. The second-order valence-corrected chi connectivity index (χ2v) is 6.99. The average Bonchev–Trinajstić information content (AvgIpc) is 2.64. The van der Waals surface area contributed by atoms with Gasteiger partial charge in [0.15, 0.2) is 11.6 Å².